The van der Waals surface area contributed by atoms with E-state index in [1.165, 1.54) is 12.1 Å². The number of halogens is 1. The fourth-order valence-corrected chi connectivity index (χ4v) is 3.96. The first-order valence-corrected chi connectivity index (χ1v) is 9.56. The van der Waals surface area contributed by atoms with Gasteiger partial charge in [0.2, 0.25) is 5.91 Å². The van der Waals surface area contributed by atoms with Crippen LogP contribution in [0.1, 0.15) is 0 Å². The highest BCUT2D eigenvalue weighted by Gasteiger charge is 2.20. The van der Waals surface area contributed by atoms with E-state index in [1.54, 1.807) is 30.3 Å². The third-order valence-electron chi connectivity index (χ3n) is 3.30. The van der Waals surface area contributed by atoms with Crippen molar-refractivity contribution < 1.29 is 22.7 Å². The van der Waals surface area contributed by atoms with Gasteiger partial charge in [-0.25, -0.2) is 8.42 Å². The number of nitrogens with one attached hydrogen (secondary N) is 1. The van der Waals surface area contributed by atoms with Gasteiger partial charge in [-0.15, -0.1) is 0 Å². The lowest BCUT2D eigenvalue weighted by Crippen LogP contribution is -2.23. The molecule has 3 rings (SSSR count). The van der Waals surface area contributed by atoms with Crippen LogP contribution < -0.4 is 14.8 Å². The Morgan fingerprint density at radius 1 is 1.08 bits per heavy atom. The van der Waals surface area contributed by atoms with Crippen LogP contribution in [0.4, 0.5) is 5.69 Å². The number of hydrogen-bond donors (Lipinski definition) is 1. The molecule has 0 bridgehead atoms. The third-order valence-corrected chi connectivity index (χ3v) is 5.41. The Kier molecular flexibility index (Phi) is 4.77. The molecular formula is C16H14BrNO5S. The van der Waals surface area contributed by atoms with Crippen molar-refractivity contribution >= 4 is 37.4 Å². The maximum absolute atomic E-state index is 12.3. The highest BCUT2D eigenvalue weighted by Crippen LogP contribution is 2.32. The normalized spacial score (nSPS) is 13.4. The zero-order valence-corrected chi connectivity index (χ0v) is 14.9. The highest BCUT2D eigenvalue weighted by molar-refractivity contribution is 9.10. The van der Waals surface area contributed by atoms with Crippen molar-refractivity contribution in [2.24, 2.45) is 0 Å². The second-order valence-corrected chi connectivity index (χ2v) is 8.03. The number of hydrogen-bond acceptors (Lipinski definition) is 5. The van der Waals surface area contributed by atoms with Crippen LogP contribution in [0.2, 0.25) is 0 Å². The molecule has 0 atom stereocenters. The molecule has 0 spiro atoms. The van der Waals surface area contributed by atoms with E-state index in [-0.39, 0.29) is 4.90 Å². The van der Waals surface area contributed by atoms with Gasteiger partial charge in [0.05, 0.1) is 4.90 Å². The average molecular weight is 412 g/mol. The molecule has 2 aromatic carbocycles. The summed E-state index contributed by atoms with van der Waals surface area (Å²) in [6, 6.07) is 11.2. The summed E-state index contributed by atoms with van der Waals surface area (Å²) >= 11 is 3.22. The van der Waals surface area contributed by atoms with Crippen LogP contribution in [0.5, 0.6) is 11.5 Å². The van der Waals surface area contributed by atoms with E-state index < -0.39 is 21.5 Å². The quantitative estimate of drug-likeness (QED) is 0.835. The molecule has 0 radical (unpaired) electrons. The summed E-state index contributed by atoms with van der Waals surface area (Å²) in [5.41, 5.74) is 0.452. The van der Waals surface area contributed by atoms with E-state index in [2.05, 4.69) is 21.2 Å². The third kappa shape index (κ3) is 3.88. The minimum absolute atomic E-state index is 0.0919. The minimum atomic E-state index is -3.72. The molecule has 0 aliphatic carbocycles. The summed E-state index contributed by atoms with van der Waals surface area (Å²) in [6.07, 6.45) is 0. The molecule has 0 aromatic heterocycles. The fourth-order valence-electron chi connectivity index (χ4n) is 2.23. The van der Waals surface area contributed by atoms with E-state index in [4.69, 9.17) is 9.47 Å². The first-order valence-electron chi connectivity index (χ1n) is 7.12. The molecule has 0 saturated carbocycles. The number of fused-ring (bicyclic) bond motifs is 1. The number of rotatable bonds is 4. The number of amides is 1. The van der Waals surface area contributed by atoms with Gasteiger partial charge in [0.25, 0.3) is 0 Å². The lowest BCUT2D eigenvalue weighted by Gasteiger charge is -2.19. The number of anilines is 1. The van der Waals surface area contributed by atoms with Crippen LogP contribution in [0.3, 0.4) is 0 Å². The minimum Gasteiger partial charge on any atom is -0.486 e. The van der Waals surface area contributed by atoms with Gasteiger partial charge < -0.3 is 14.8 Å². The van der Waals surface area contributed by atoms with E-state index in [1.807, 2.05) is 0 Å². The van der Waals surface area contributed by atoms with Crippen molar-refractivity contribution in [1.82, 2.24) is 0 Å². The lowest BCUT2D eigenvalue weighted by atomic mass is 10.2. The number of carbonyl (C=O) groups excluding carboxylic acids is 1. The Morgan fingerprint density at radius 2 is 1.83 bits per heavy atom. The topological polar surface area (TPSA) is 81.7 Å². The Balaban J connectivity index is 1.71. The molecule has 1 N–H and O–H groups in total. The second kappa shape index (κ2) is 6.82. The average Bonchev–Trinajstić information content (AvgIpc) is 2.54. The molecule has 0 unspecified atom stereocenters. The van der Waals surface area contributed by atoms with Crippen molar-refractivity contribution in [3.63, 3.8) is 0 Å². The van der Waals surface area contributed by atoms with E-state index in [0.717, 1.165) is 0 Å². The van der Waals surface area contributed by atoms with Crippen molar-refractivity contribution in [2.45, 2.75) is 4.90 Å². The Morgan fingerprint density at radius 3 is 2.58 bits per heavy atom. The second-order valence-electron chi connectivity index (χ2n) is 5.12. The van der Waals surface area contributed by atoms with Crippen LogP contribution in [0, 0.1) is 0 Å². The van der Waals surface area contributed by atoms with Gasteiger partial charge >= 0.3 is 0 Å². The van der Waals surface area contributed by atoms with Gasteiger partial charge in [-0.1, -0.05) is 22.0 Å². The van der Waals surface area contributed by atoms with Crippen molar-refractivity contribution in [3.8, 4) is 11.5 Å². The Hall–Kier alpha value is -2.06. The predicted molar refractivity (Wildman–Crippen MR) is 92.3 cm³/mol. The van der Waals surface area contributed by atoms with Crippen LogP contribution in [0.25, 0.3) is 0 Å². The summed E-state index contributed by atoms with van der Waals surface area (Å²) in [4.78, 5) is 12.2. The lowest BCUT2D eigenvalue weighted by molar-refractivity contribution is -0.113. The van der Waals surface area contributed by atoms with E-state index in [9.17, 15) is 13.2 Å². The summed E-state index contributed by atoms with van der Waals surface area (Å²) in [5.74, 6) is -0.140. The molecule has 1 heterocycles. The predicted octanol–water partition coefficient (Wildman–Crippen LogP) is 2.63. The molecule has 1 amide bonds. The fraction of sp³-hybridized carbons (Fsp3) is 0.188. The van der Waals surface area contributed by atoms with Gasteiger partial charge in [-0.05, 0) is 30.3 Å². The van der Waals surface area contributed by atoms with Crippen LogP contribution >= 0.6 is 15.9 Å². The zero-order chi connectivity index (χ0) is 17.2. The van der Waals surface area contributed by atoms with Gasteiger partial charge in [0, 0.05) is 16.2 Å². The van der Waals surface area contributed by atoms with Crippen molar-refractivity contribution in [3.05, 3.63) is 46.9 Å². The number of ether oxygens (including phenoxy) is 2. The van der Waals surface area contributed by atoms with Crippen LogP contribution in [0.15, 0.2) is 51.8 Å². The largest absolute Gasteiger partial charge is 0.486 e. The van der Waals surface area contributed by atoms with Gasteiger partial charge in [-0.3, -0.25) is 4.79 Å². The van der Waals surface area contributed by atoms with Crippen molar-refractivity contribution in [2.75, 3.05) is 24.3 Å². The van der Waals surface area contributed by atoms with Crippen molar-refractivity contribution in [1.29, 1.82) is 0 Å². The summed E-state index contributed by atoms with van der Waals surface area (Å²) in [6.45, 7) is 0.908. The van der Waals surface area contributed by atoms with Crippen LogP contribution in [-0.2, 0) is 14.6 Å². The zero-order valence-electron chi connectivity index (χ0n) is 12.5. The summed E-state index contributed by atoms with van der Waals surface area (Å²) in [7, 11) is -3.72. The number of sulfone groups is 1. The molecule has 2 aromatic rings. The standard InChI is InChI=1S/C16H14BrNO5S/c17-11-2-1-3-13(8-11)24(20,21)10-16(19)18-12-4-5-14-15(9-12)23-7-6-22-14/h1-5,8-9H,6-7,10H2,(H,18,19). The van der Waals surface area contributed by atoms with Gasteiger partial charge in [0.1, 0.15) is 19.0 Å². The molecular weight excluding hydrogens is 398 g/mol. The molecule has 1 aliphatic heterocycles. The highest BCUT2D eigenvalue weighted by atomic mass is 79.9. The molecule has 0 saturated heterocycles. The van der Waals surface area contributed by atoms with E-state index >= 15 is 0 Å². The maximum Gasteiger partial charge on any atom is 0.239 e. The molecule has 8 heteroatoms. The summed E-state index contributed by atoms with van der Waals surface area (Å²) < 4.78 is 36.0. The maximum atomic E-state index is 12.3. The first kappa shape index (κ1) is 16.8. The first-order chi connectivity index (χ1) is 11.4. The molecule has 24 heavy (non-hydrogen) atoms. The smallest absolute Gasteiger partial charge is 0.239 e. The molecule has 126 valence electrons. The van der Waals surface area contributed by atoms with Gasteiger partial charge in [0.15, 0.2) is 21.3 Å². The number of benzene rings is 2. The Bertz CT molecular complexity index is 882. The molecule has 0 fully saturated rings. The SMILES string of the molecule is O=C(CS(=O)(=O)c1cccc(Br)c1)Nc1ccc2c(c1)OCCO2. The monoisotopic (exact) mass is 411 g/mol. The number of carbonyl (C=O) groups is 1. The summed E-state index contributed by atoms with van der Waals surface area (Å²) in [5, 5.41) is 2.57. The van der Waals surface area contributed by atoms with E-state index in [0.29, 0.717) is 34.9 Å². The van der Waals surface area contributed by atoms with Crippen LogP contribution in [-0.4, -0.2) is 33.3 Å². The van der Waals surface area contributed by atoms with Gasteiger partial charge in [-0.2, -0.15) is 0 Å². The molecule has 6 nitrogen and oxygen atoms in total. The Labute approximate surface area is 147 Å². The molecule has 1 aliphatic rings.